The van der Waals surface area contributed by atoms with Gasteiger partial charge in [0.15, 0.2) is 0 Å². The lowest BCUT2D eigenvalue weighted by Crippen LogP contribution is -2.20. The Morgan fingerprint density at radius 3 is 2.62 bits per heavy atom. The molecule has 86 valence electrons. The molecule has 1 aromatic rings. The van der Waals surface area contributed by atoms with Crippen LogP contribution in [0.5, 0.6) is 5.75 Å². The van der Waals surface area contributed by atoms with E-state index in [0.29, 0.717) is 13.0 Å². The molecule has 0 spiro atoms. The zero-order valence-corrected chi connectivity index (χ0v) is 9.65. The number of nitriles is 1. The third kappa shape index (κ3) is 4.33. The minimum atomic E-state index is -0.431. The molecule has 1 rings (SSSR count). The van der Waals surface area contributed by atoms with Crippen molar-refractivity contribution in [1.29, 1.82) is 5.26 Å². The van der Waals surface area contributed by atoms with Crippen LogP contribution in [0.15, 0.2) is 24.3 Å². The molecule has 0 aliphatic heterocycles. The lowest BCUT2D eigenvalue weighted by atomic mass is 10.1. The van der Waals surface area contributed by atoms with Crippen LogP contribution >= 0.6 is 0 Å². The zero-order valence-electron chi connectivity index (χ0n) is 9.65. The van der Waals surface area contributed by atoms with Crippen LogP contribution < -0.4 is 10.5 Å². The molecular formula is C13H18N2O. The highest BCUT2D eigenvalue weighted by Gasteiger charge is 2.00. The first-order chi connectivity index (χ1) is 7.76. The van der Waals surface area contributed by atoms with Gasteiger partial charge in [0.2, 0.25) is 0 Å². The monoisotopic (exact) mass is 218 g/mol. The van der Waals surface area contributed by atoms with Gasteiger partial charge in [-0.1, -0.05) is 25.5 Å². The van der Waals surface area contributed by atoms with Crippen LogP contribution in [0.4, 0.5) is 0 Å². The smallest absolute Gasteiger partial charge is 0.119 e. The van der Waals surface area contributed by atoms with Gasteiger partial charge >= 0.3 is 0 Å². The fraction of sp³-hybridized carbons (Fsp3) is 0.462. The molecule has 1 unspecified atom stereocenters. The van der Waals surface area contributed by atoms with Crippen LogP contribution in [-0.2, 0) is 6.42 Å². The summed E-state index contributed by atoms with van der Waals surface area (Å²) >= 11 is 0. The van der Waals surface area contributed by atoms with Gasteiger partial charge in [-0.15, -0.1) is 0 Å². The van der Waals surface area contributed by atoms with Crippen molar-refractivity contribution in [3.8, 4) is 11.8 Å². The molecule has 0 aliphatic rings. The highest BCUT2D eigenvalue weighted by atomic mass is 16.5. The summed E-state index contributed by atoms with van der Waals surface area (Å²) in [6.07, 6.45) is 2.81. The molecule has 3 nitrogen and oxygen atoms in total. The second-order valence-electron chi connectivity index (χ2n) is 3.77. The standard InChI is InChI=1S/C13H18N2O/c1-2-3-11-4-6-13(7-5-11)16-9-8-12(15)10-14/h4-7,12H,2-3,8-9,15H2,1H3. The Morgan fingerprint density at radius 1 is 1.38 bits per heavy atom. The maximum atomic E-state index is 8.50. The third-order valence-electron chi connectivity index (χ3n) is 2.33. The Kier molecular flexibility index (Phi) is 5.38. The van der Waals surface area contributed by atoms with E-state index < -0.39 is 6.04 Å². The lowest BCUT2D eigenvalue weighted by Gasteiger charge is -2.07. The average Bonchev–Trinajstić information content (AvgIpc) is 2.31. The molecule has 0 aromatic heterocycles. The first-order valence-corrected chi connectivity index (χ1v) is 5.63. The quantitative estimate of drug-likeness (QED) is 0.796. The van der Waals surface area contributed by atoms with Gasteiger partial charge in [-0.05, 0) is 24.1 Å². The molecule has 0 fully saturated rings. The summed E-state index contributed by atoms with van der Waals surface area (Å²) in [4.78, 5) is 0. The van der Waals surface area contributed by atoms with Gasteiger partial charge in [0.25, 0.3) is 0 Å². The molecule has 16 heavy (non-hydrogen) atoms. The minimum absolute atomic E-state index is 0.431. The Morgan fingerprint density at radius 2 is 2.06 bits per heavy atom. The van der Waals surface area contributed by atoms with Gasteiger partial charge in [0.05, 0.1) is 18.7 Å². The number of benzene rings is 1. The summed E-state index contributed by atoms with van der Waals surface area (Å²) in [6, 6.07) is 9.61. The molecule has 0 aliphatic carbocycles. The highest BCUT2D eigenvalue weighted by molar-refractivity contribution is 5.27. The van der Waals surface area contributed by atoms with Crippen LogP contribution in [0.1, 0.15) is 25.3 Å². The minimum Gasteiger partial charge on any atom is -0.493 e. The average molecular weight is 218 g/mol. The second kappa shape index (κ2) is 6.86. The van der Waals surface area contributed by atoms with Crippen molar-refractivity contribution in [2.45, 2.75) is 32.2 Å². The molecule has 0 amide bonds. The van der Waals surface area contributed by atoms with Gasteiger partial charge in [-0.25, -0.2) is 0 Å². The van der Waals surface area contributed by atoms with Crippen LogP contribution in [0, 0.1) is 11.3 Å². The van der Waals surface area contributed by atoms with Crippen LogP contribution in [0.2, 0.25) is 0 Å². The largest absolute Gasteiger partial charge is 0.493 e. The number of rotatable bonds is 6. The molecule has 0 heterocycles. The Hall–Kier alpha value is -1.53. The number of aryl methyl sites for hydroxylation is 1. The van der Waals surface area contributed by atoms with Crippen molar-refractivity contribution >= 4 is 0 Å². The van der Waals surface area contributed by atoms with Gasteiger partial charge < -0.3 is 10.5 Å². The first kappa shape index (κ1) is 12.5. The second-order valence-corrected chi connectivity index (χ2v) is 3.77. The van der Waals surface area contributed by atoms with Crippen molar-refractivity contribution in [1.82, 2.24) is 0 Å². The maximum Gasteiger partial charge on any atom is 0.119 e. The van der Waals surface area contributed by atoms with E-state index in [1.165, 1.54) is 5.56 Å². The number of hydrogen-bond acceptors (Lipinski definition) is 3. The lowest BCUT2D eigenvalue weighted by molar-refractivity contribution is 0.306. The molecule has 3 heteroatoms. The summed E-state index contributed by atoms with van der Waals surface area (Å²) in [6.45, 7) is 2.65. The summed E-state index contributed by atoms with van der Waals surface area (Å²) in [7, 11) is 0. The van der Waals surface area contributed by atoms with E-state index in [1.54, 1.807) is 0 Å². The fourth-order valence-corrected chi connectivity index (χ4v) is 1.41. The molecule has 0 bridgehead atoms. The van der Waals surface area contributed by atoms with Crippen molar-refractivity contribution in [3.05, 3.63) is 29.8 Å². The number of nitrogens with two attached hydrogens (primary N) is 1. The predicted octanol–water partition coefficient (Wildman–Crippen LogP) is 2.26. The van der Waals surface area contributed by atoms with Crippen LogP contribution in [-0.4, -0.2) is 12.6 Å². The van der Waals surface area contributed by atoms with Gasteiger partial charge in [-0.3, -0.25) is 0 Å². The van der Waals surface area contributed by atoms with E-state index in [0.717, 1.165) is 18.6 Å². The normalized spacial score (nSPS) is 11.8. The van der Waals surface area contributed by atoms with Crippen molar-refractivity contribution < 1.29 is 4.74 Å². The topological polar surface area (TPSA) is 59.0 Å². The maximum absolute atomic E-state index is 8.50. The molecule has 1 atom stereocenters. The van der Waals surface area contributed by atoms with Crippen molar-refractivity contribution in [3.63, 3.8) is 0 Å². The molecule has 0 saturated heterocycles. The van der Waals surface area contributed by atoms with E-state index in [4.69, 9.17) is 15.7 Å². The predicted molar refractivity (Wildman–Crippen MR) is 64.1 cm³/mol. The molecule has 0 radical (unpaired) electrons. The molecule has 0 saturated carbocycles. The number of nitrogens with zero attached hydrogens (tertiary/aromatic N) is 1. The SMILES string of the molecule is CCCc1ccc(OCCC(N)C#N)cc1. The molecule has 2 N–H and O–H groups in total. The Balaban J connectivity index is 2.35. The van der Waals surface area contributed by atoms with E-state index in [-0.39, 0.29) is 0 Å². The molecular weight excluding hydrogens is 200 g/mol. The van der Waals surface area contributed by atoms with E-state index in [9.17, 15) is 0 Å². The summed E-state index contributed by atoms with van der Waals surface area (Å²) in [5.41, 5.74) is 6.78. The molecule has 1 aromatic carbocycles. The van der Waals surface area contributed by atoms with Gasteiger partial charge in [0, 0.05) is 6.42 Å². The fourth-order valence-electron chi connectivity index (χ4n) is 1.41. The third-order valence-corrected chi connectivity index (χ3v) is 2.33. The Bertz CT molecular complexity index is 340. The summed E-state index contributed by atoms with van der Waals surface area (Å²) in [5.74, 6) is 0.838. The first-order valence-electron chi connectivity index (χ1n) is 5.63. The Labute approximate surface area is 96.8 Å². The van der Waals surface area contributed by atoms with Crippen LogP contribution in [0.3, 0.4) is 0 Å². The number of hydrogen-bond donors (Lipinski definition) is 1. The number of ether oxygens (including phenoxy) is 1. The van der Waals surface area contributed by atoms with Crippen molar-refractivity contribution in [2.75, 3.05) is 6.61 Å². The highest BCUT2D eigenvalue weighted by Crippen LogP contribution is 2.13. The van der Waals surface area contributed by atoms with E-state index >= 15 is 0 Å². The van der Waals surface area contributed by atoms with Crippen molar-refractivity contribution in [2.24, 2.45) is 5.73 Å². The van der Waals surface area contributed by atoms with E-state index in [2.05, 4.69) is 19.1 Å². The van der Waals surface area contributed by atoms with E-state index in [1.807, 2.05) is 18.2 Å². The summed E-state index contributed by atoms with van der Waals surface area (Å²) in [5, 5.41) is 8.50. The zero-order chi connectivity index (χ0) is 11.8. The van der Waals surface area contributed by atoms with Gasteiger partial charge in [-0.2, -0.15) is 5.26 Å². The summed E-state index contributed by atoms with van der Waals surface area (Å²) < 4.78 is 5.48. The van der Waals surface area contributed by atoms with Gasteiger partial charge in [0.1, 0.15) is 5.75 Å². The van der Waals surface area contributed by atoms with Crippen LogP contribution in [0.25, 0.3) is 0 Å².